The van der Waals surface area contributed by atoms with E-state index in [0.717, 1.165) is 18.9 Å². The first-order valence-corrected chi connectivity index (χ1v) is 5.24. The van der Waals surface area contributed by atoms with Crippen molar-refractivity contribution in [1.29, 1.82) is 0 Å². The van der Waals surface area contributed by atoms with Crippen LogP contribution in [0.2, 0.25) is 0 Å². The van der Waals surface area contributed by atoms with Crippen molar-refractivity contribution < 1.29 is 0 Å². The number of piperidine rings is 1. The van der Waals surface area contributed by atoms with Crippen LogP contribution in [0.1, 0.15) is 18.4 Å². The summed E-state index contributed by atoms with van der Waals surface area (Å²) in [7, 11) is 0. The number of halogens is 1. The third-order valence-corrected chi connectivity index (χ3v) is 2.60. The summed E-state index contributed by atoms with van der Waals surface area (Å²) >= 11 is 0. The highest BCUT2D eigenvalue weighted by atomic mass is 35.5. The van der Waals surface area contributed by atoms with Gasteiger partial charge in [-0.3, -0.25) is 0 Å². The topological polar surface area (TPSA) is 37.0 Å². The number of hydrogen-bond acceptors (Lipinski definition) is 3. The van der Waals surface area contributed by atoms with Crippen LogP contribution in [0.15, 0.2) is 18.3 Å². The van der Waals surface area contributed by atoms with Crippen molar-refractivity contribution in [3.63, 3.8) is 0 Å². The molecule has 2 N–H and O–H groups in total. The molecule has 1 fully saturated rings. The summed E-state index contributed by atoms with van der Waals surface area (Å²) in [4.78, 5) is 4.34. The number of rotatable bonds is 2. The molecule has 0 aliphatic carbocycles. The van der Waals surface area contributed by atoms with Gasteiger partial charge in [0.2, 0.25) is 0 Å². The number of pyridine rings is 1. The van der Waals surface area contributed by atoms with Gasteiger partial charge < -0.3 is 10.6 Å². The minimum Gasteiger partial charge on any atom is -0.367 e. The van der Waals surface area contributed by atoms with Crippen molar-refractivity contribution in [2.45, 2.75) is 25.8 Å². The van der Waals surface area contributed by atoms with Gasteiger partial charge in [-0.1, -0.05) is 6.07 Å². The molecular weight excluding hydrogens is 210 g/mol. The van der Waals surface area contributed by atoms with E-state index in [1.165, 1.54) is 18.4 Å². The number of aromatic nitrogens is 1. The average molecular weight is 228 g/mol. The van der Waals surface area contributed by atoms with E-state index < -0.39 is 0 Å². The zero-order chi connectivity index (χ0) is 9.80. The zero-order valence-electron chi connectivity index (χ0n) is 8.99. The molecule has 15 heavy (non-hydrogen) atoms. The van der Waals surface area contributed by atoms with Crippen LogP contribution >= 0.6 is 12.4 Å². The maximum absolute atomic E-state index is 4.34. The molecule has 2 heterocycles. The Bertz CT molecular complexity index is 280. The highest BCUT2D eigenvalue weighted by Gasteiger charge is 2.12. The van der Waals surface area contributed by atoms with Crippen molar-refractivity contribution >= 4 is 18.2 Å². The highest BCUT2D eigenvalue weighted by Crippen LogP contribution is 2.10. The van der Waals surface area contributed by atoms with Gasteiger partial charge in [-0.25, -0.2) is 4.98 Å². The summed E-state index contributed by atoms with van der Waals surface area (Å²) in [5.41, 5.74) is 1.21. The van der Waals surface area contributed by atoms with Gasteiger partial charge in [0.15, 0.2) is 0 Å². The highest BCUT2D eigenvalue weighted by molar-refractivity contribution is 5.85. The lowest BCUT2D eigenvalue weighted by atomic mass is 10.1. The van der Waals surface area contributed by atoms with Gasteiger partial charge in [-0.2, -0.15) is 0 Å². The minimum absolute atomic E-state index is 0. The summed E-state index contributed by atoms with van der Waals surface area (Å²) in [6.07, 6.45) is 4.29. The van der Waals surface area contributed by atoms with Crippen LogP contribution in [0.4, 0.5) is 5.82 Å². The fraction of sp³-hybridized carbons (Fsp3) is 0.545. The average Bonchev–Trinajstić information content (AvgIpc) is 2.23. The van der Waals surface area contributed by atoms with Crippen LogP contribution in [-0.2, 0) is 0 Å². The number of hydrogen-bond donors (Lipinski definition) is 2. The lowest BCUT2D eigenvalue weighted by molar-refractivity contribution is 0.478. The molecule has 1 aromatic rings. The molecule has 1 aromatic heterocycles. The van der Waals surface area contributed by atoms with Crippen LogP contribution in [-0.4, -0.2) is 24.1 Å². The van der Waals surface area contributed by atoms with E-state index in [-0.39, 0.29) is 12.4 Å². The Labute approximate surface area is 97.1 Å². The molecule has 1 saturated heterocycles. The predicted molar refractivity (Wildman–Crippen MR) is 65.7 cm³/mol. The van der Waals surface area contributed by atoms with Crippen molar-refractivity contribution in [2.24, 2.45) is 0 Å². The molecular formula is C11H18ClN3. The molecule has 2 rings (SSSR count). The van der Waals surface area contributed by atoms with Gasteiger partial charge in [0.25, 0.3) is 0 Å². The van der Waals surface area contributed by atoms with Crippen LogP contribution in [0.25, 0.3) is 0 Å². The first kappa shape index (κ1) is 12.3. The lowest BCUT2D eigenvalue weighted by Crippen LogP contribution is -2.35. The Morgan fingerprint density at radius 3 is 2.67 bits per heavy atom. The fourth-order valence-electron chi connectivity index (χ4n) is 1.73. The molecule has 0 unspecified atom stereocenters. The monoisotopic (exact) mass is 227 g/mol. The standard InChI is InChI=1S/C11H17N3.ClH/c1-9-2-3-11(13-8-9)14-10-4-6-12-7-5-10;/h2-3,8,10,12H,4-7H2,1H3,(H,13,14);1H. The summed E-state index contributed by atoms with van der Waals surface area (Å²) in [5.74, 6) is 1.00. The number of nitrogens with one attached hydrogen (secondary N) is 2. The molecule has 0 radical (unpaired) electrons. The molecule has 4 heteroatoms. The van der Waals surface area contributed by atoms with Gasteiger partial charge in [0, 0.05) is 12.2 Å². The van der Waals surface area contributed by atoms with E-state index in [1.807, 2.05) is 6.20 Å². The van der Waals surface area contributed by atoms with Crippen molar-refractivity contribution in [3.8, 4) is 0 Å². The van der Waals surface area contributed by atoms with Gasteiger partial charge >= 0.3 is 0 Å². The summed E-state index contributed by atoms with van der Waals surface area (Å²) < 4.78 is 0. The fourth-order valence-corrected chi connectivity index (χ4v) is 1.73. The second kappa shape index (κ2) is 5.93. The van der Waals surface area contributed by atoms with Gasteiger partial charge in [-0.05, 0) is 44.5 Å². The Kier molecular flexibility index (Phi) is 4.85. The first-order chi connectivity index (χ1) is 6.84. The number of anilines is 1. The van der Waals surface area contributed by atoms with Crippen LogP contribution in [0.3, 0.4) is 0 Å². The van der Waals surface area contributed by atoms with Gasteiger partial charge in [0.1, 0.15) is 5.82 Å². The maximum atomic E-state index is 4.34. The smallest absolute Gasteiger partial charge is 0.126 e. The van der Waals surface area contributed by atoms with Crippen LogP contribution < -0.4 is 10.6 Å². The van der Waals surface area contributed by atoms with Crippen LogP contribution in [0, 0.1) is 6.92 Å². The molecule has 3 nitrogen and oxygen atoms in total. The molecule has 0 aromatic carbocycles. The molecule has 0 atom stereocenters. The van der Waals surface area contributed by atoms with E-state index in [1.54, 1.807) is 0 Å². The molecule has 0 bridgehead atoms. The molecule has 0 amide bonds. The van der Waals surface area contributed by atoms with Crippen molar-refractivity contribution in [2.75, 3.05) is 18.4 Å². The third kappa shape index (κ3) is 3.68. The van der Waals surface area contributed by atoms with Gasteiger partial charge in [0.05, 0.1) is 0 Å². The summed E-state index contributed by atoms with van der Waals surface area (Å²) in [6, 6.07) is 4.74. The Morgan fingerprint density at radius 2 is 2.07 bits per heavy atom. The second-order valence-corrected chi connectivity index (χ2v) is 3.89. The minimum atomic E-state index is 0. The molecule has 1 aliphatic rings. The maximum Gasteiger partial charge on any atom is 0.126 e. The van der Waals surface area contributed by atoms with Crippen molar-refractivity contribution in [3.05, 3.63) is 23.9 Å². The SMILES string of the molecule is Cc1ccc(NC2CCNCC2)nc1.Cl. The van der Waals surface area contributed by atoms with Gasteiger partial charge in [-0.15, -0.1) is 12.4 Å². The second-order valence-electron chi connectivity index (χ2n) is 3.89. The molecule has 0 saturated carbocycles. The molecule has 0 spiro atoms. The normalized spacial score (nSPS) is 16.9. The Morgan fingerprint density at radius 1 is 1.33 bits per heavy atom. The van der Waals surface area contributed by atoms with E-state index >= 15 is 0 Å². The molecule has 84 valence electrons. The van der Waals surface area contributed by atoms with E-state index in [2.05, 4.69) is 34.7 Å². The Hall–Kier alpha value is -0.800. The zero-order valence-corrected chi connectivity index (χ0v) is 9.81. The number of nitrogens with zero attached hydrogens (tertiary/aromatic N) is 1. The van der Waals surface area contributed by atoms with E-state index in [9.17, 15) is 0 Å². The lowest BCUT2D eigenvalue weighted by Gasteiger charge is -2.24. The summed E-state index contributed by atoms with van der Waals surface area (Å²) in [5, 5.41) is 6.81. The van der Waals surface area contributed by atoms with Crippen LogP contribution in [0.5, 0.6) is 0 Å². The third-order valence-electron chi connectivity index (χ3n) is 2.60. The van der Waals surface area contributed by atoms with E-state index in [0.29, 0.717) is 6.04 Å². The summed E-state index contributed by atoms with van der Waals surface area (Å²) in [6.45, 7) is 4.29. The first-order valence-electron chi connectivity index (χ1n) is 5.24. The quantitative estimate of drug-likeness (QED) is 0.811. The Balaban J connectivity index is 0.00000112. The predicted octanol–water partition coefficient (Wildman–Crippen LogP) is 1.98. The molecule has 1 aliphatic heterocycles. The largest absolute Gasteiger partial charge is 0.367 e. The van der Waals surface area contributed by atoms with Crippen molar-refractivity contribution in [1.82, 2.24) is 10.3 Å². The van der Waals surface area contributed by atoms with E-state index in [4.69, 9.17) is 0 Å². The number of aryl methyl sites for hydroxylation is 1.